The topological polar surface area (TPSA) is 85.2 Å². The highest BCUT2D eigenvalue weighted by Gasteiger charge is 2.17. The molecular weight excluding hydrogens is 280 g/mol. The molecular formula is C16H24N4O2. The first kappa shape index (κ1) is 16.4. The minimum absolute atomic E-state index is 0.0615. The highest BCUT2D eigenvalue weighted by molar-refractivity contribution is 5.96. The van der Waals surface area contributed by atoms with E-state index < -0.39 is 0 Å². The Bertz CT molecular complexity index is 651. The second-order valence-corrected chi connectivity index (χ2v) is 5.98. The van der Waals surface area contributed by atoms with Gasteiger partial charge in [0.05, 0.1) is 16.6 Å². The first-order valence-electron chi connectivity index (χ1n) is 7.69. The zero-order valence-electron chi connectivity index (χ0n) is 13.7. The Morgan fingerprint density at radius 1 is 1.45 bits per heavy atom. The van der Waals surface area contributed by atoms with Crippen LogP contribution in [-0.4, -0.2) is 40.6 Å². The quantitative estimate of drug-likeness (QED) is 0.884. The highest BCUT2D eigenvalue weighted by Crippen LogP contribution is 2.19. The zero-order valence-corrected chi connectivity index (χ0v) is 13.7. The van der Waals surface area contributed by atoms with Crippen molar-refractivity contribution in [2.24, 2.45) is 11.7 Å². The van der Waals surface area contributed by atoms with Crippen LogP contribution in [0, 0.1) is 5.92 Å². The van der Waals surface area contributed by atoms with E-state index in [1.807, 2.05) is 6.92 Å². The van der Waals surface area contributed by atoms with E-state index in [1.165, 1.54) is 6.20 Å². The Kier molecular flexibility index (Phi) is 5.13. The predicted octanol–water partition coefficient (Wildman–Crippen LogP) is 2.23. The van der Waals surface area contributed by atoms with Crippen molar-refractivity contribution in [2.75, 3.05) is 13.6 Å². The summed E-state index contributed by atoms with van der Waals surface area (Å²) in [5.41, 5.74) is 7.87. The van der Waals surface area contributed by atoms with Gasteiger partial charge in [-0.15, -0.1) is 0 Å². The SMILES string of the molecule is CCc1noc2ncc(C(=O)N(C)CCC(N)C(C)C)cc12. The van der Waals surface area contributed by atoms with E-state index in [1.54, 1.807) is 18.0 Å². The van der Waals surface area contributed by atoms with Crippen molar-refractivity contribution >= 4 is 17.0 Å². The molecule has 2 N–H and O–H groups in total. The summed E-state index contributed by atoms with van der Waals surface area (Å²) in [6.07, 6.45) is 3.06. The number of rotatable bonds is 6. The maximum absolute atomic E-state index is 12.5. The summed E-state index contributed by atoms with van der Waals surface area (Å²) in [7, 11) is 1.79. The van der Waals surface area contributed by atoms with Crippen LogP contribution in [0.2, 0.25) is 0 Å². The molecule has 0 saturated heterocycles. The molecule has 0 saturated carbocycles. The van der Waals surface area contributed by atoms with Gasteiger partial charge in [0.25, 0.3) is 11.6 Å². The lowest BCUT2D eigenvalue weighted by Crippen LogP contribution is -2.34. The Hall–Kier alpha value is -1.95. The van der Waals surface area contributed by atoms with Gasteiger partial charge in [0.2, 0.25) is 0 Å². The third kappa shape index (κ3) is 3.44. The number of aromatic nitrogens is 2. The lowest BCUT2D eigenvalue weighted by Gasteiger charge is -2.21. The molecule has 2 aromatic rings. The van der Waals surface area contributed by atoms with Crippen LogP contribution in [0.5, 0.6) is 0 Å². The number of fused-ring (bicyclic) bond motifs is 1. The smallest absolute Gasteiger partial charge is 0.257 e. The fourth-order valence-corrected chi connectivity index (χ4v) is 2.25. The van der Waals surface area contributed by atoms with E-state index in [-0.39, 0.29) is 11.9 Å². The van der Waals surface area contributed by atoms with Crippen LogP contribution in [-0.2, 0) is 6.42 Å². The van der Waals surface area contributed by atoms with Crippen molar-refractivity contribution in [2.45, 2.75) is 39.7 Å². The third-order valence-electron chi connectivity index (χ3n) is 3.99. The molecule has 0 radical (unpaired) electrons. The molecule has 22 heavy (non-hydrogen) atoms. The van der Waals surface area contributed by atoms with Crippen LogP contribution in [0.15, 0.2) is 16.8 Å². The van der Waals surface area contributed by atoms with Gasteiger partial charge >= 0.3 is 0 Å². The van der Waals surface area contributed by atoms with Gasteiger partial charge in [-0.05, 0) is 24.8 Å². The largest absolute Gasteiger partial charge is 0.342 e. The highest BCUT2D eigenvalue weighted by atomic mass is 16.5. The summed E-state index contributed by atoms with van der Waals surface area (Å²) in [6.45, 7) is 6.79. The normalized spacial score (nSPS) is 12.8. The number of aryl methyl sites for hydroxylation is 1. The third-order valence-corrected chi connectivity index (χ3v) is 3.99. The zero-order chi connectivity index (χ0) is 16.3. The summed E-state index contributed by atoms with van der Waals surface area (Å²) in [5, 5.41) is 4.77. The lowest BCUT2D eigenvalue weighted by molar-refractivity contribution is 0.0789. The number of hydrogen-bond acceptors (Lipinski definition) is 5. The van der Waals surface area contributed by atoms with Gasteiger partial charge in [-0.3, -0.25) is 4.79 Å². The standard InChI is InChI=1S/C16H24N4O2/c1-5-14-12-8-11(9-18-15(12)22-19-14)16(21)20(4)7-6-13(17)10(2)3/h8-10,13H,5-7,17H2,1-4H3. The average molecular weight is 304 g/mol. The molecule has 0 aliphatic rings. The molecule has 0 aliphatic heterocycles. The number of carbonyl (C=O) groups excluding carboxylic acids is 1. The van der Waals surface area contributed by atoms with Crippen molar-refractivity contribution in [3.63, 3.8) is 0 Å². The van der Waals surface area contributed by atoms with Gasteiger partial charge < -0.3 is 15.2 Å². The average Bonchev–Trinajstić information content (AvgIpc) is 2.93. The van der Waals surface area contributed by atoms with Crippen molar-refractivity contribution in [1.29, 1.82) is 0 Å². The molecule has 0 spiro atoms. The van der Waals surface area contributed by atoms with Crippen LogP contribution in [0.25, 0.3) is 11.1 Å². The number of hydrogen-bond donors (Lipinski definition) is 1. The maximum atomic E-state index is 12.5. The Morgan fingerprint density at radius 3 is 2.82 bits per heavy atom. The molecule has 1 unspecified atom stereocenters. The van der Waals surface area contributed by atoms with Crippen LogP contribution in [0.3, 0.4) is 0 Å². The summed E-state index contributed by atoms with van der Waals surface area (Å²) in [5.74, 6) is 0.347. The van der Waals surface area contributed by atoms with Crippen LogP contribution in [0.4, 0.5) is 0 Å². The molecule has 0 aliphatic carbocycles. The molecule has 6 heteroatoms. The maximum Gasteiger partial charge on any atom is 0.257 e. The van der Waals surface area contributed by atoms with E-state index in [0.717, 1.165) is 23.9 Å². The molecule has 6 nitrogen and oxygen atoms in total. The summed E-state index contributed by atoms with van der Waals surface area (Å²) in [6, 6.07) is 1.90. The van der Waals surface area contributed by atoms with Crippen molar-refractivity contribution < 1.29 is 9.32 Å². The Labute approximate surface area is 130 Å². The van der Waals surface area contributed by atoms with Crippen LogP contribution >= 0.6 is 0 Å². The Morgan fingerprint density at radius 2 is 2.18 bits per heavy atom. The van der Waals surface area contributed by atoms with Gasteiger partial charge in [0.15, 0.2) is 0 Å². The molecule has 120 valence electrons. The first-order chi connectivity index (χ1) is 10.4. The van der Waals surface area contributed by atoms with Gasteiger partial charge in [0.1, 0.15) is 0 Å². The number of pyridine rings is 1. The second kappa shape index (κ2) is 6.87. The molecule has 2 rings (SSSR count). The molecule has 0 aromatic carbocycles. The summed E-state index contributed by atoms with van der Waals surface area (Å²) < 4.78 is 5.14. The number of carbonyl (C=O) groups is 1. The van der Waals surface area contributed by atoms with Crippen LogP contribution < -0.4 is 5.73 Å². The van der Waals surface area contributed by atoms with Crippen molar-refractivity contribution in [3.05, 3.63) is 23.5 Å². The number of nitrogens with two attached hydrogens (primary N) is 1. The molecule has 2 heterocycles. The van der Waals surface area contributed by atoms with E-state index in [0.29, 0.717) is 23.7 Å². The van der Waals surface area contributed by atoms with Crippen molar-refractivity contribution in [1.82, 2.24) is 15.0 Å². The van der Waals surface area contributed by atoms with E-state index in [9.17, 15) is 4.79 Å². The van der Waals surface area contributed by atoms with E-state index in [4.69, 9.17) is 10.3 Å². The van der Waals surface area contributed by atoms with E-state index in [2.05, 4.69) is 24.0 Å². The van der Waals surface area contributed by atoms with Gasteiger partial charge in [-0.1, -0.05) is 25.9 Å². The monoisotopic (exact) mass is 304 g/mol. The van der Waals surface area contributed by atoms with Gasteiger partial charge in [-0.25, -0.2) is 4.98 Å². The van der Waals surface area contributed by atoms with Gasteiger partial charge in [-0.2, -0.15) is 0 Å². The lowest BCUT2D eigenvalue weighted by atomic mass is 10.0. The molecule has 1 atom stereocenters. The molecule has 1 amide bonds. The summed E-state index contributed by atoms with van der Waals surface area (Å²) in [4.78, 5) is 18.3. The predicted molar refractivity (Wildman–Crippen MR) is 85.6 cm³/mol. The summed E-state index contributed by atoms with van der Waals surface area (Å²) >= 11 is 0. The van der Waals surface area contributed by atoms with Gasteiger partial charge in [0, 0.05) is 25.8 Å². The first-order valence-corrected chi connectivity index (χ1v) is 7.69. The molecule has 2 aromatic heterocycles. The number of amides is 1. The van der Waals surface area contributed by atoms with Crippen molar-refractivity contribution in [3.8, 4) is 0 Å². The fourth-order valence-electron chi connectivity index (χ4n) is 2.25. The second-order valence-electron chi connectivity index (χ2n) is 5.98. The van der Waals surface area contributed by atoms with Crippen LogP contribution in [0.1, 0.15) is 43.2 Å². The Balaban J connectivity index is 2.11. The minimum atomic E-state index is -0.0615. The molecule has 0 fully saturated rings. The van der Waals surface area contributed by atoms with E-state index >= 15 is 0 Å². The fraction of sp³-hybridized carbons (Fsp3) is 0.562. The minimum Gasteiger partial charge on any atom is -0.342 e. The molecule has 0 bridgehead atoms. The number of nitrogens with zero attached hydrogens (tertiary/aromatic N) is 3.